The van der Waals surface area contributed by atoms with Crippen molar-refractivity contribution in [2.24, 2.45) is 0 Å². The van der Waals surface area contributed by atoms with Crippen molar-refractivity contribution in [2.75, 3.05) is 7.05 Å². The van der Waals surface area contributed by atoms with Gasteiger partial charge in [-0.05, 0) is 56.8 Å². The van der Waals surface area contributed by atoms with Crippen molar-refractivity contribution in [3.8, 4) is 0 Å². The Hall–Kier alpha value is -0.570. The molecule has 1 aromatic carbocycles. The zero-order valence-corrected chi connectivity index (χ0v) is 13.2. The molecule has 1 N–H and O–H groups in total. The quantitative estimate of drug-likeness (QED) is 0.902. The fourth-order valence-corrected chi connectivity index (χ4v) is 4.29. The van der Waals surface area contributed by atoms with Crippen LogP contribution in [0.2, 0.25) is 5.02 Å². The van der Waals surface area contributed by atoms with E-state index in [1.165, 1.54) is 31.2 Å². The van der Waals surface area contributed by atoms with Gasteiger partial charge in [-0.2, -0.15) is 0 Å². The molecule has 2 nitrogen and oxygen atoms in total. The van der Waals surface area contributed by atoms with E-state index in [1.807, 2.05) is 6.07 Å². The number of nitrogens with one attached hydrogen (secondary N) is 1. The molecule has 3 heteroatoms. The van der Waals surface area contributed by atoms with E-state index in [1.54, 1.807) is 0 Å². The lowest BCUT2D eigenvalue weighted by Gasteiger charge is -2.40. The maximum absolute atomic E-state index is 6.16. The largest absolute Gasteiger partial charge is 0.311 e. The van der Waals surface area contributed by atoms with Gasteiger partial charge >= 0.3 is 0 Å². The van der Waals surface area contributed by atoms with Crippen molar-refractivity contribution in [1.29, 1.82) is 0 Å². The van der Waals surface area contributed by atoms with E-state index >= 15 is 0 Å². The van der Waals surface area contributed by atoms with Crippen LogP contribution in [0.25, 0.3) is 0 Å². The molecule has 0 radical (unpaired) electrons. The predicted molar refractivity (Wildman–Crippen MR) is 85.2 cm³/mol. The molecule has 3 unspecified atom stereocenters. The first-order valence-electron chi connectivity index (χ1n) is 7.90. The van der Waals surface area contributed by atoms with Crippen molar-refractivity contribution >= 4 is 11.6 Å². The van der Waals surface area contributed by atoms with Crippen molar-refractivity contribution < 1.29 is 0 Å². The van der Waals surface area contributed by atoms with Gasteiger partial charge in [-0.15, -0.1) is 0 Å². The summed E-state index contributed by atoms with van der Waals surface area (Å²) in [5, 5.41) is 4.58. The van der Waals surface area contributed by atoms with Gasteiger partial charge in [0, 0.05) is 29.2 Å². The number of fused-ring (bicyclic) bond motifs is 2. The molecule has 2 bridgehead atoms. The van der Waals surface area contributed by atoms with Gasteiger partial charge in [0.25, 0.3) is 0 Å². The Morgan fingerprint density at radius 3 is 2.60 bits per heavy atom. The Labute approximate surface area is 127 Å². The molecule has 110 valence electrons. The number of piperidine rings is 1. The Balaban J connectivity index is 1.75. The number of rotatable bonds is 4. The second kappa shape index (κ2) is 6.05. The minimum atomic E-state index is 0.483. The van der Waals surface area contributed by atoms with E-state index in [-0.39, 0.29) is 0 Å². The summed E-state index contributed by atoms with van der Waals surface area (Å²) in [4.78, 5) is 2.60. The zero-order valence-electron chi connectivity index (χ0n) is 12.5. The van der Waals surface area contributed by atoms with Crippen LogP contribution < -0.4 is 5.32 Å². The monoisotopic (exact) mass is 292 g/mol. The first-order chi connectivity index (χ1) is 9.67. The van der Waals surface area contributed by atoms with Crippen LogP contribution in [0.5, 0.6) is 0 Å². The fourth-order valence-electron chi connectivity index (χ4n) is 4.09. The Bertz CT molecular complexity index is 450. The van der Waals surface area contributed by atoms with Gasteiger partial charge in [0.05, 0.1) is 0 Å². The van der Waals surface area contributed by atoms with Gasteiger partial charge in [-0.25, -0.2) is 0 Å². The van der Waals surface area contributed by atoms with Gasteiger partial charge in [0.2, 0.25) is 0 Å². The minimum Gasteiger partial charge on any atom is -0.311 e. The van der Waals surface area contributed by atoms with Gasteiger partial charge in [0.1, 0.15) is 0 Å². The van der Waals surface area contributed by atoms with Crippen LogP contribution in [-0.4, -0.2) is 30.1 Å². The Morgan fingerprint density at radius 1 is 1.30 bits per heavy atom. The van der Waals surface area contributed by atoms with Crippen LogP contribution in [0.4, 0.5) is 0 Å². The molecular formula is C17H25ClN2. The molecule has 2 aliphatic rings. The summed E-state index contributed by atoms with van der Waals surface area (Å²) in [5.74, 6) is 0. The smallest absolute Gasteiger partial charge is 0.0409 e. The summed E-state index contributed by atoms with van der Waals surface area (Å²) in [5.41, 5.74) is 1.35. The lowest BCUT2D eigenvalue weighted by Crippen LogP contribution is -2.47. The van der Waals surface area contributed by atoms with Crippen LogP contribution in [0.3, 0.4) is 0 Å². The van der Waals surface area contributed by atoms with E-state index in [9.17, 15) is 0 Å². The first kappa shape index (κ1) is 14.4. The van der Waals surface area contributed by atoms with Crippen LogP contribution in [0.1, 0.15) is 50.6 Å². The Morgan fingerprint density at radius 2 is 2.00 bits per heavy atom. The number of benzene rings is 1. The molecule has 0 amide bonds. The van der Waals surface area contributed by atoms with E-state index < -0.39 is 0 Å². The predicted octanol–water partition coefficient (Wildman–Crippen LogP) is 4.01. The van der Waals surface area contributed by atoms with Crippen molar-refractivity contribution in [3.05, 3.63) is 34.9 Å². The lowest BCUT2D eigenvalue weighted by molar-refractivity contribution is 0.121. The molecule has 1 aromatic rings. The summed E-state index contributed by atoms with van der Waals surface area (Å²) in [6.07, 6.45) is 6.45. The molecule has 0 aliphatic carbocycles. The molecule has 3 atom stereocenters. The second-order valence-corrected chi connectivity index (χ2v) is 6.84. The molecular weight excluding hydrogens is 268 g/mol. The molecule has 2 fully saturated rings. The lowest BCUT2D eigenvalue weighted by atomic mass is 9.94. The topological polar surface area (TPSA) is 15.3 Å². The average molecular weight is 293 g/mol. The summed E-state index contributed by atoms with van der Waals surface area (Å²) in [6, 6.07) is 11.1. The van der Waals surface area contributed by atoms with Crippen LogP contribution in [0.15, 0.2) is 24.3 Å². The van der Waals surface area contributed by atoms with E-state index in [4.69, 9.17) is 11.6 Å². The highest BCUT2D eigenvalue weighted by atomic mass is 35.5. The highest BCUT2D eigenvalue weighted by Gasteiger charge is 2.36. The second-order valence-electron chi connectivity index (χ2n) is 6.41. The number of halogens is 1. The highest BCUT2D eigenvalue weighted by Crippen LogP contribution is 2.34. The summed E-state index contributed by atoms with van der Waals surface area (Å²) < 4.78 is 0. The highest BCUT2D eigenvalue weighted by molar-refractivity contribution is 6.30. The summed E-state index contributed by atoms with van der Waals surface area (Å²) in [6.45, 7) is 2.28. The van der Waals surface area contributed by atoms with Gasteiger partial charge in [-0.1, -0.05) is 30.7 Å². The van der Waals surface area contributed by atoms with Crippen LogP contribution in [-0.2, 0) is 0 Å². The van der Waals surface area contributed by atoms with Crippen LogP contribution >= 0.6 is 11.6 Å². The van der Waals surface area contributed by atoms with Crippen LogP contribution in [0, 0.1) is 0 Å². The molecule has 3 rings (SSSR count). The van der Waals surface area contributed by atoms with E-state index in [0.29, 0.717) is 12.1 Å². The summed E-state index contributed by atoms with van der Waals surface area (Å²) >= 11 is 6.16. The third-order valence-corrected chi connectivity index (χ3v) is 5.37. The number of hydrogen-bond donors (Lipinski definition) is 1. The van der Waals surface area contributed by atoms with Gasteiger partial charge in [-0.3, -0.25) is 4.90 Å². The maximum atomic E-state index is 6.16. The molecule has 0 saturated carbocycles. The number of nitrogens with zero attached hydrogens (tertiary/aromatic N) is 1. The molecule has 20 heavy (non-hydrogen) atoms. The first-order valence-corrected chi connectivity index (χ1v) is 8.28. The average Bonchev–Trinajstić information content (AvgIpc) is 2.78. The van der Waals surface area contributed by atoms with Crippen molar-refractivity contribution in [2.45, 2.75) is 63.2 Å². The van der Waals surface area contributed by atoms with Crippen molar-refractivity contribution in [1.82, 2.24) is 10.2 Å². The van der Waals surface area contributed by atoms with Gasteiger partial charge < -0.3 is 5.32 Å². The Kier molecular flexibility index (Phi) is 4.34. The molecule has 2 saturated heterocycles. The van der Waals surface area contributed by atoms with E-state index in [2.05, 4.69) is 42.4 Å². The number of hydrogen-bond acceptors (Lipinski definition) is 2. The zero-order chi connectivity index (χ0) is 14.1. The molecule has 0 aromatic heterocycles. The standard InChI is InChI=1S/C17H25ClN2/c1-3-17(12-5-4-6-13(18)9-12)20(2)16-10-14-7-8-15(11-16)19-14/h4-6,9,14-17,19H,3,7-8,10-11H2,1-2H3. The fraction of sp³-hybridized carbons (Fsp3) is 0.647. The van der Waals surface area contributed by atoms with Crippen molar-refractivity contribution in [3.63, 3.8) is 0 Å². The van der Waals surface area contributed by atoms with E-state index in [0.717, 1.165) is 23.5 Å². The maximum Gasteiger partial charge on any atom is 0.0409 e. The third kappa shape index (κ3) is 2.88. The molecule has 2 aliphatic heterocycles. The third-order valence-electron chi connectivity index (χ3n) is 5.14. The molecule has 0 spiro atoms. The molecule has 2 heterocycles. The van der Waals surface area contributed by atoms with Gasteiger partial charge in [0.15, 0.2) is 0 Å². The normalized spacial score (nSPS) is 30.7. The minimum absolute atomic E-state index is 0.483. The SMILES string of the molecule is CCC(c1cccc(Cl)c1)N(C)C1CC2CCC(C1)N2. The summed E-state index contributed by atoms with van der Waals surface area (Å²) in [7, 11) is 2.30.